The Labute approximate surface area is 111 Å². The molecule has 2 aromatic rings. The quantitative estimate of drug-likeness (QED) is 0.890. The predicted molar refractivity (Wildman–Crippen MR) is 74.0 cm³/mol. The summed E-state index contributed by atoms with van der Waals surface area (Å²) in [5, 5.41) is 3.88. The summed E-state index contributed by atoms with van der Waals surface area (Å²) in [7, 11) is 1.62. The Morgan fingerprint density at radius 3 is 2.94 bits per heavy atom. The third kappa shape index (κ3) is 2.65. The molecule has 0 saturated heterocycles. The van der Waals surface area contributed by atoms with Crippen molar-refractivity contribution in [3.8, 4) is 5.75 Å². The Morgan fingerprint density at radius 1 is 1.39 bits per heavy atom. The Bertz CT molecular complexity index is 546. The molecule has 18 heavy (non-hydrogen) atoms. The molecule has 4 nitrogen and oxygen atoms in total. The first-order valence-electron chi connectivity index (χ1n) is 5.47. The summed E-state index contributed by atoms with van der Waals surface area (Å²) in [5.41, 5.74) is 8.13. The molecule has 5 heteroatoms. The lowest BCUT2D eigenvalue weighted by Crippen LogP contribution is -2.04. The van der Waals surface area contributed by atoms with Gasteiger partial charge in [-0.25, -0.2) is 0 Å². The van der Waals surface area contributed by atoms with Gasteiger partial charge in [0.15, 0.2) is 0 Å². The standard InChI is InChI=1S/C13H14ClN3O/c1-18-13-4-2-3-10(14)9(13)7-17-12-5-6-16-8-11(12)15/h2-6,8H,7,15H2,1H3,(H,16,17). The van der Waals surface area contributed by atoms with Crippen LogP contribution in [0.5, 0.6) is 5.75 Å². The van der Waals surface area contributed by atoms with Gasteiger partial charge < -0.3 is 15.8 Å². The van der Waals surface area contributed by atoms with E-state index in [1.54, 1.807) is 19.5 Å². The van der Waals surface area contributed by atoms with Crippen LogP contribution in [0.25, 0.3) is 0 Å². The molecule has 1 aromatic carbocycles. The van der Waals surface area contributed by atoms with Crippen LogP contribution in [0.1, 0.15) is 5.56 Å². The zero-order valence-corrected chi connectivity index (χ0v) is 10.7. The number of rotatable bonds is 4. The second-order valence-corrected chi connectivity index (χ2v) is 4.14. The fourth-order valence-electron chi connectivity index (χ4n) is 1.65. The number of aromatic nitrogens is 1. The fraction of sp³-hybridized carbons (Fsp3) is 0.154. The molecule has 1 aromatic heterocycles. The number of pyridine rings is 1. The molecule has 94 valence electrons. The maximum absolute atomic E-state index is 6.15. The summed E-state index contributed by atoms with van der Waals surface area (Å²) in [5.74, 6) is 0.752. The first-order chi connectivity index (χ1) is 8.72. The summed E-state index contributed by atoms with van der Waals surface area (Å²) in [4.78, 5) is 3.94. The molecule has 0 unspecified atom stereocenters. The van der Waals surface area contributed by atoms with Crippen LogP contribution in [-0.4, -0.2) is 12.1 Å². The van der Waals surface area contributed by atoms with E-state index >= 15 is 0 Å². The minimum atomic E-state index is 0.539. The van der Waals surface area contributed by atoms with E-state index in [1.165, 1.54) is 0 Å². The maximum Gasteiger partial charge on any atom is 0.125 e. The number of nitrogens with zero attached hydrogens (tertiary/aromatic N) is 1. The SMILES string of the molecule is COc1cccc(Cl)c1CNc1ccncc1N. The normalized spacial score (nSPS) is 10.1. The molecule has 0 aliphatic rings. The van der Waals surface area contributed by atoms with Crippen LogP contribution in [0.4, 0.5) is 11.4 Å². The highest BCUT2D eigenvalue weighted by molar-refractivity contribution is 6.31. The molecule has 0 aliphatic heterocycles. The number of halogens is 1. The van der Waals surface area contributed by atoms with Crippen molar-refractivity contribution in [2.75, 3.05) is 18.2 Å². The van der Waals surface area contributed by atoms with Gasteiger partial charge in [0.1, 0.15) is 5.75 Å². The molecule has 0 spiro atoms. The number of ether oxygens (including phenoxy) is 1. The van der Waals surface area contributed by atoms with Crippen molar-refractivity contribution in [3.63, 3.8) is 0 Å². The van der Waals surface area contributed by atoms with Gasteiger partial charge in [0.25, 0.3) is 0 Å². The van der Waals surface area contributed by atoms with E-state index in [-0.39, 0.29) is 0 Å². The fourth-order valence-corrected chi connectivity index (χ4v) is 1.89. The topological polar surface area (TPSA) is 60.2 Å². The van der Waals surface area contributed by atoms with Crippen molar-refractivity contribution < 1.29 is 4.74 Å². The number of hydrogen-bond donors (Lipinski definition) is 2. The van der Waals surface area contributed by atoms with Gasteiger partial charge in [0.2, 0.25) is 0 Å². The lowest BCUT2D eigenvalue weighted by atomic mass is 10.2. The lowest BCUT2D eigenvalue weighted by Gasteiger charge is -2.13. The van der Waals surface area contributed by atoms with Crippen LogP contribution in [-0.2, 0) is 6.54 Å². The molecule has 0 radical (unpaired) electrons. The van der Waals surface area contributed by atoms with Crippen molar-refractivity contribution >= 4 is 23.0 Å². The van der Waals surface area contributed by atoms with E-state index in [4.69, 9.17) is 22.1 Å². The smallest absolute Gasteiger partial charge is 0.125 e. The van der Waals surface area contributed by atoms with Crippen LogP contribution in [0, 0.1) is 0 Å². The molecule has 0 atom stereocenters. The maximum atomic E-state index is 6.15. The largest absolute Gasteiger partial charge is 0.496 e. The first kappa shape index (κ1) is 12.5. The molecule has 1 heterocycles. The molecule has 2 rings (SSSR count). The first-order valence-corrected chi connectivity index (χ1v) is 5.85. The number of nitrogen functional groups attached to an aromatic ring is 1. The summed E-state index contributed by atoms with van der Waals surface area (Å²) in [6.45, 7) is 0.539. The van der Waals surface area contributed by atoms with E-state index < -0.39 is 0 Å². The second-order valence-electron chi connectivity index (χ2n) is 3.74. The van der Waals surface area contributed by atoms with Crippen molar-refractivity contribution in [2.24, 2.45) is 0 Å². The van der Waals surface area contributed by atoms with Crippen molar-refractivity contribution in [1.29, 1.82) is 0 Å². The van der Waals surface area contributed by atoms with Crippen LogP contribution in [0.3, 0.4) is 0 Å². The Kier molecular flexibility index (Phi) is 3.89. The van der Waals surface area contributed by atoms with E-state index in [0.717, 1.165) is 17.0 Å². The van der Waals surface area contributed by atoms with Gasteiger partial charge in [0, 0.05) is 23.3 Å². The van der Waals surface area contributed by atoms with E-state index in [1.807, 2.05) is 24.3 Å². The lowest BCUT2D eigenvalue weighted by molar-refractivity contribution is 0.410. The molecule has 0 amide bonds. The van der Waals surface area contributed by atoms with Crippen LogP contribution in [0.2, 0.25) is 5.02 Å². The van der Waals surface area contributed by atoms with E-state index in [9.17, 15) is 0 Å². The van der Waals surface area contributed by atoms with Gasteiger partial charge in [0.05, 0.1) is 24.7 Å². The average molecular weight is 264 g/mol. The molecule has 0 saturated carbocycles. The molecular formula is C13H14ClN3O. The summed E-state index contributed by atoms with van der Waals surface area (Å²) in [6.07, 6.45) is 3.29. The highest BCUT2D eigenvalue weighted by Gasteiger charge is 2.07. The van der Waals surface area contributed by atoms with Gasteiger partial charge in [-0.1, -0.05) is 17.7 Å². The van der Waals surface area contributed by atoms with Crippen LogP contribution >= 0.6 is 11.6 Å². The molecular weight excluding hydrogens is 250 g/mol. The number of nitrogens with one attached hydrogen (secondary N) is 1. The molecule has 0 fully saturated rings. The Morgan fingerprint density at radius 2 is 2.22 bits per heavy atom. The summed E-state index contributed by atoms with van der Waals surface area (Å²) < 4.78 is 5.28. The van der Waals surface area contributed by atoms with Crippen molar-refractivity contribution in [2.45, 2.75) is 6.54 Å². The number of nitrogens with two attached hydrogens (primary N) is 1. The van der Waals surface area contributed by atoms with Crippen molar-refractivity contribution in [1.82, 2.24) is 4.98 Å². The average Bonchev–Trinajstić information content (AvgIpc) is 2.39. The highest BCUT2D eigenvalue weighted by atomic mass is 35.5. The van der Waals surface area contributed by atoms with E-state index in [2.05, 4.69) is 10.3 Å². The Balaban J connectivity index is 2.18. The summed E-state index contributed by atoms with van der Waals surface area (Å²) in [6, 6.07) is 7.37. The minimum absolute atomic E-state index is 0.539. The molecule has 0 aliphatic carbocycles. The molecule has 3 N–H and O–H groups in total. The number of benzene rings is 1. The molecule has 0 bridgehead atoms. The van der Waals surface area contributed by atoms with Gasteiger partial charge >= 0.3 is 0 Å². The monoisotopic (exact) mass is 263 g/mol. The third-order valence-corrected chi connectivity index (χ3v) is 2.96. The second kappa shape index (κ2) is 5.60. The van der Waals surface area contributed by atoms with Gasteiger partial charge in [-0.3, -0.25) is 4.98 Å². The number of methoxy groups -OCH3 is 1. The van der Waals surface area contributed by atoms with Crippen LogP contribution in [0.15, 0.2) is 36.7 Å². The number of hydrogen-bond acceptors (Lipinski definition) is 4. The zero-order valence-electron chi connectivity index (χ0n) is 9.98. The van der Waals surface area contributed by atoms with E-state index in [0.29, 0.717) is 17.3 Å². The minimum Gasteiger partial charge on any atom is -0.496 e. The van der Waals surface area contributed by atoms with Crippen LogP contribution < -0.4 is 15.8 Å². The zero-order chi connectivity index (χ0) is 13.0. The van der Waals surface area contributed by atoms with Gasteiger partial charge in [-0.05, 0) is 18.2 Å². The van der Waals surface area contributed by atoms with Gasteiger partial charge in [-0.15, -0.1) is 0 Å². The third-order valence-electron chi connectivity index (χ3n) is 2.60. The highest BCUT2D eigenvalue weighted by Crippen LogP contribution is 2.27. The summed E-state index contributed by atoms with van der Waals surface area (Å²) >= 11 is 6.15. The van der Waals surface area contributed by atoms with Gasteiger partial charge in [-0.2, -0.15) is 0 Å². The predicted octanol–water partition coefficient (Wildman–Crippen LogP) is 2.94. The van der Waals surface area contributed by atoms with Crippen molar-refractivity contribution in [3.05, 3.63) is 47.2 Å². The Hall–Kier alpha value is -1.94. The number of anilines is 2.